The first-order chi connectivity index (χ1) is 17.6. The second kappa shape index (κ2) is 9.53. The molecule has 2 aromatic rings. The summed E-state index contributed by atoms with van der Waals surface area (Å²) in [6.45, 7) is 5.00. The zero-order chi connectivity index (χ0) is 26.5. The number of urea groups is 1. The average Bonchev–Trinajstić information content (AvgIpc) is 3.33. The number of Topliss-reactive ketones (excluding diaryl/α,β-unsaturated/α-hetero) is 1. The molecule has 3 saturated heterocycles. The Morgan fingerprint density at radius 3 is 2.57 bits per heavy atom. The molecular weight excluding hydrogens is 480 g/mol. The van der Waals surface area contributed by atoms with Crippen LogP contribution < -0.4 is 4.90 Å². The minimum Gasteiger partial charge on any atom is -0.508 e. The highest BCUT2D eigenvalue weighted by Gasteiger charge is 2.59. The fourth-order valence-electron chi connectivity index (χ4n) is 5.26. The number of carbonyl (C=O) groups excluding carboxylic acids is 3. The van der Waals surface area contributed by atoms with Crippen LogP contribution in [0.4, 0.5) is 10.5 Å². The third kappa shape index (κ3) is 4.61. The van der Waals surface area contributed by atoms with Crippen LogP contribution in [-0.4, -0.2) is 71.3 Å². The summed E-state index contributed by atoms with van der Waals surface area (Å²) in [6, 6.07) is 11.8. The molecule has 0 unspecified atom stereocenters. The Morgan fingerprint density at radius 2 is 1.86 bits per heavy atom. The summed E-state index contributed by atoms with van der Waals surface area (Å²) in [5.74, 6) is -1.46. The summed E-state index contributed by atoms with van der Waals surface area (Å²) >= 11 is 0. The van der Waals surface area contributed by atoms with Crippen LogP contribution in [0.3, 0.4) is 0 Å². The molecule has 3 aliphatic rings. The van der Waals surface area contributed by atoms with E-state index in [9.17, 15) is 19.5 Å². The van der Waals surface area contributed by atoms with E-state index in [-0.39, 0.29) is 24.5 Å². The number of para-hydroxylation sites is 1. The highest BCUT2D eigenvalue weighted by molar-refractivity contribution is 6.16. The molecule has 196 valence electrons. The number of benzene rings is 2. The van der Waals surface area contributed by atoms with Crippen LogP contribution in [0.2, 0.25) is 0 Å². The first-order valence-corrected chi connectivity index (χ1v) is 12.1. The van der Waals surface area contributed by atoms with Gasteiger partial charge in [0.25, 0.3) is 0 Å². The van der Waals surface area contributed by atoms with Crippen molar-refractivity contribution in [2.24, 2.45) is 0 Å². The van der Waals surface area contributed by atoms with E-state index in [2.05, 4.69) is 0 Å². The monoisotopic (exact) mass is 510 g/mol. The topological polar surface area (TPSA) is 115 Å². The predicted molar refractivity (Wildman–Crippen MR) is 131 cm³/mol. The maximum absolute atomic E-state index is 14.0. The third-order valence-corrected chi connectivity index (χ3v) is 6.99. The van der Waals surface area contributed by atoms with Gasteiger partial charge in [0.05, 0.1) is 24.7 Å². The standard InChI is InChI=1S/C27H30N2O8/c1-15(30)16-9-7-10-18(12-16)29-21(32)13-19(28(26(29)33)14-17-8-5-6-11-20(17)31)22-23(34-4)24-25(35-22)37-27(2,3)36-24/h5-12,19,22-25,31H,13-14H2,1-4H3/t19-,22+,23-,24+,25+/m0/s1. The predicted octanol–water partition coefficient (Wildman–Crippen LogP) is 3.21. The van der Waals surface area contributed by atoms with Crippen molar-refractivity contribution in [1.29, 1.82) is 0 Å². The van der Waals surface area contributed by atoms with Gasteiger partial charge in [0.15, 0.2) is 17.9 Å². The number of hydrogen-bond acceptors (Lipinski definition) is 8. The Labute approximate surface area is 214 Å². The number of amides is 3. The summed E-state index contributed by atoms with van der Waals surface area (Å²) < 4.78 is 23.8. The number of nitrogens with zero attached hydrogens (tertiary/aromatic N) is 2. The second-order valence-corrected chi connectivity index (χ2v) is 9.92. The zero-order valence-electron chi connectivity index (χ0n) is 21.1. The lowest BCUT2D eigenvalue weighted by Crippen LogP contribution is -2.62. The minimum absolute atomic E-state index is 0.0190. The maximum atomic E-state index is 14.0. The molecule has 0 radical (unpaired) electrons. The van der Waals surface area contributed by atoms with E-state index in [1.807, 2.05) is 0 Å². The number of phenols is 1. The number of aromatic hydroxyl groups is 1. The van der Waals surface area contributed by atoms with E-state index in [4.69, 9.17) is 18.9 Å². The number of ketones is 1. The largest absolute Gasteiger partial charge is 0.508 e. The molecule has 3 heterocycles. The molecule has 1 N–H and O–H groups in total. The molecule has 0 spiro atoms. The Morgan fingerprint density at radius 1 is 1.11 bits per heavy atom. The van der Waals surface area contributed by atoms with Gasteiger partial charge in [0.1, 0.15) is 24.1 Å². The number of phenolic OH excluding ortho intramolecular Hbond substituents is 1. The van der Waals surface area contributed by atoms with Gasteiger partial charge < -0.3 is 29.0 Å². The molecule has 3 fully saturated rings. The molecule has 3 aliphatic heterocycles. The van der Waals surface area contributed by atoms with E-state index < -0.39 is 48.4 Å². The lowest BCUT2D eigenvalue weighted by Gasteiger charge is -2.43. The highest BCUT2D eigenvalue weighted by atomic mass is 16.8. The van der Waals surface area contributed by atoms with Gasteiger partial charge in [-0.15, -0.1) is 0 Å². The number of ether oxygens (including phenoxy) is 4. The molecule has 0 saturated carbocycles. The van der Waals surface area contributed by atoms with Crippen LogP contribution in [0.25, 0.3) is 0 Å². The molecule has 5 atom stereocenters. The number of fused-ring (bicyclic) bond motifs is 1. The van der Waals surface area contributed by atoms with Gasteiger partial charge in [-0.05, 0) is 39.0 Å². The molecule has 10 nitrogen and oxygen atoms in total. The van der Waals surface area contributed by atoms with Crippen LogP contribution in [0.5, 0.6) is 5.75 Å². The van der Waals surface area contributed by atoms with Crippen molar-refractivity contribution in [1.82, 2.24) is 4.90 Å². The van der Waals surface area contributed by atoms with E-state index in [1.54, 1.807) is 50.2 Å². The molecule has 0 aromatic heterocycles. The average molecular weight is 511 g/mol. The van der Waals surface area contributed by atoms with Crippen molar-refractivity contribution >= 4 is 23.4 Å². The molecular formula is C27H30N2O8. The summed E-state index contributed by atoms with van der Waals surface area (Å²) in [6.07, 6.45) is -2.64. The minimum atomic E-state index is -0.858. The van der Waals surface area contributed by atoms with Gasteiger partial charge in [-0.1, -0.05) is 30.3 Å². The lowest BCUT2D eigenvalue weighted by atomic mass is 9.95. The Balaban J connectivity index is 1.51. The molecule has 3 amide bonds. The number of carbonyl (C=O) groups is 3. The van der Waals surface area contributed by atoms with E-state index >= 15 is 0 Å². The van der Waals surface area contributed by atoms with Crippen molar-refractivity contribution < 1.29 is 38.4 Å². The zero-order valence-corrected chi connectivity index (χ0v) is 21.1. The fourth-order valence-corrected chi connectivity index (χ4v) is 5.26. The van der Waals surface area contributed by atoms with Gasteiger partial charge in [0.2, 0.25) is 5.91 Å². The van der Waals surface area contributed by atoms with Crippen molar-refractivity contribution in [2.45, 2.75) is 70.2 Å². The number of hydrogen-bond donors (Lipinski definition) is 1. The van der Waals surface area contributed by atoms with Gasteiger partial charge in [-0.3, -0.25) is 9.59 Å². The van der Waals surface area contributed by atoms with E-state index in [1.165, 1.54) is 31.1 Å². The van der Waals surface area contributed by atoms with Crippen LogP contribution in [0.15, 0.2) is 48.5 Å². The maximum Gasteiger partial charge on any atom is 0.332 e. The van der Waals surface area contributed by atoms with Crippen LogP contribution in [0.1, 0.15) is 43.1 Å². The summed E-state index contributed by atoms with van der Waals surface area (Å²) in [4.78, 5) is 41.9. The highest BCUT2D eigenvalue weighted by Crippen LogP contribution is 2.42. The molecule has 2 aromatic carbocycles. The molecule has 0 bridgehead atoms. The fraction of sp³-hybridized carbons (Fsp3) is 0.444. The number of anilines is 1. The normalized spacial score (nSPS) is 29.0. The van der Waals surface area contributed by atoms with Gasteiger partial charge >= 0.3 is 6.03 Å². The Hall–Kier alpha value is -3.31. The third-order valence-electron chi connectivity index (χ3n) is 6.99. The van der Waals surface area contributed by atoms with Gasteiger partial charge in [-0.25, -0.2) is 9.69 Å². The quantitative estimate of drug-likeness (QED) is 0.590. The van der Waals surface area contributed by atoms with Crippen LogP contribution in [-0.2, 0) is 30.3 Å². The second-order valence-electron chi connectivity index (χ2n) is 9.92. The summed E-state index contributed by atoms with van der Waals surface area (Å²) in [7, 11) is 1.53. The van der Waals surface area contributed by atoms with Crippen molar-refractivity contribution in [2.75, 3.05) is 12.0 Å². The first-order valence-electron chi connectivity index (χ1n) is 12.1. The van der Waals surface area contributed by atoms with E-state index in [0.29, 0.717) is 16.8 Å². The smallest absolute Gasteiger partial charge is 0.332 e. The molecule has 37 heavy (non-hydrogen) atoms. The van der Waals surface area contributed by atoms with Gasteiger partial charge in [0, 0.05) is 18.2 Å². The van der Waals surface area contributed by atoms with E-state index in [0.717, 1.165) is 4.90 Å². The van der Waals surface area contributed by atoms with Gasteiger partial charge in [-0.2, -0.15) is 0 Å². The molecule has 0 aliphatic carbocycles. The van der Waals surface area contributed by atoms with Crippen molar-refractivity contribution in [3.8, 4) is 5.75 Å². The summed E-state index contributed by atoms with van der Waals surface area (Å²) in [5.41, 5.74) is 1.19. The van der Waals surface area contributed by atoms with Crippen molar-refractivity contribution in [3.63, 3.8) is 0 Å². The Bertz CT molecular complexity index is 1230. The Kier molecular flexibility index (Phi) is 6.53. The summed E-state index contributed by atoms with van der Waals surface area (Å²) in [5, 5.41) is 10.4. The first kappa shape index (κ1) is 25.3. The number of rotatable bonds is 6. The van der Waals surface area contributed by atoms with Crippen LogP contribution in [0, 0.1) is 0 Å². The SMILES string of the molecule is CO[C@@H]1[C@H]2OC(C)(C)O[C@H]2O[C@@H]1[C@@H]1CC(=O)N(c2cccc(C(C)=O)c2)C(=O)N1Cc1ccccc1O. The lowest BCUT2D eigenvalue weighted by molar-refractivity contribution is -0.223. The van der Waals surface area contributed by atoms with Crippen LogP contribution >= 0.6 is 0 Å². The molecule has 5 rings (SSSR count). The number of imide groups is 1. The number of methoxy groups -OCH3 is 1. The van der Waals surface area contributed by atoms with Crippen molar-refractivity contribution in [3.05, 3.63) is 59.7 Å². The molecule has 10 heteroatoms.